The lowest BCUT2D eigenvalue weighted by Crippen LogP contribution is -2.34. The molecule has 116 valence electrons. The van der Waals surface area contributed by atoms with E-state index in [1.54, 1.807) is 0 Å². The summed E-state index contributed by atoms with van der Waals surface area (Å²) in [4.78, 5) is 12.3. The molecule has 0 bridgehead atoms. The summed E-state index contributed by atoms with van der Waals surface area (Å²) in [7, 11) is 0. The summed E-state index contributed by atoms with van der Waals surface area (Å²) in [6.45, 7) is 0. The van der Waals surface area contributed by atoms with Gasteiger partial charge in [-0.3, -0.25) is 4.79 Å². The first kappa shape index (κ1) is 16.3. The highest BCUT2D eigenvalue weighted by atomic mass is 35.5. The zero-order valence-corrected chi connectivity index (χ0v) is 13.2. The lowest BCUT2D eigenvalue weighted by Gasteiger charge is -2.27. The summed E-state index contributed by atoms with van der Waals surface area (Å²) in [5, 5.41) is 3.23. The van der Waals surface area contributed by atoms with Gasteiger partial charge in [0.25, 0.3) is 0 Å². The molecule has 1 saturated carbocycles. The van der Waals surface area contributed by atoms with Crippen LogP contribution in [0.5, 0.6) is 0 Å². The van der Waals surface area contributed by atoms with Gasteiger partial charge in [0, 0.05) is 12.5 Å². The number of aryl methyl sites for hydroxylation is 1. The first-order chi connectivity index (χ1) is 9.74. The molecule has 1 fully saturated rings. The summed E-state index contributed by atoms with van der Waals surface area (Å²) in [5.74, 6) is 0.558. The van der Waals surface area contributed by atoms with Crippen molar-refractivity contribution in [2.45, 2.75) is 57.0 Å². The number of halogens is 1. The minimum Gasteiger partial charge on any atom is -0.349 e. The Labute approximate surface area is 133 Å². The van der Waals surface area contributed by atoms with Crippen LogP contribution in [0, 0.1) is 5.92 Å². The molecule has 3 atom stereocenters. The molecule has 0 saturated heterocycles. The van der Waals surface area contributed by atoms with Crippen molar-refractivity contribution in [1.29, 1.82) is 0 Å². The van der Waals surface area contributed by atoms with Gasteiger partial charge in [-0.2, -0.15) is 0 Å². The van der Waals surface area contributed by atoms with E-state index >= 15 is 0 Å². The number of nitrogens with one attached hydrogen (secondary N) is 1. The number of carbonyl (C=O) groups excluding carboxylic acids is 1. The molecule has 1 amide bonds. The molecular weight excluding hydrogens is 284 g/mol. The molecule has 0 aliphatic heterocycles. The van der Waals surface area contributed by atoms with E-state index in [0.717, 1.165) is 32.1 Å². The van der Waals surface area contributed by atoms with Gasteiger partial charge < -0.3 is 11.1 Å². The maximum absolute atomic E-state index is 12.3. The van der Waals surface area contributed by atoms with E-state index in [1.165, 1.54) is 17.5 Å². The Morgan fingerprint density at radius 1 is 1.19 bits per heavy atom. The van der Waals surface area contributed by atoms with Crippen LogP contribution in [0.4, 0.5) is 0 Å². The number of amides is 1. The van der Waals surface area contributed by atoms with Gasteiger partial charge in [0.1, 0.15) is 0 Å². The smallest absolute Gasteiger partial charge is 0.220 e. The van der Waals surface area contributed by atoms with Crippen LogP contribution in [0.3, 0.4) is 0 Å². The van der Waals surface area contributed by atoms with E-state index in [9.17, 15) is 4.79 Å². The highest BCUT2D eigenvalue weighted by molar-refractivity contribution is 5.85. The fourth-order valence-electron chi connectivity index (χ4n) is 3.71. The van der Waals surface area contributed by atoms with Gasteiger partial charge in [-0.25, -0.2) is 0 Å². The zero-order valence-electron chi connectivity index (χ0n) is 12.4. The van der Waals surface area contributed by atoms with Crippen LogP contribution in [0.15, 0.2) is 24.3 Å². The van der Waals surface area contributed by atoms with Crippen molar-refractivity contribution in [1.82, 2.24) is 5.32 Å². The summed E-state index contributed by atoms with van der Waals surface area (Å²) < 4.78 is 0. The van der Waals surface area contributed by atoms with Crippen LogP contribution in [0.1, 0.15) is 55.7 Å². The molecule has 4 heteroatoms. The van der Waals surface area contributed by atoms with E-state index in [1.807, 2.05) is 0 Å². The van der Waals surface area contributed by atoms with Crippen LogP contribution in [-0.2, 0) is 11.2 Å². The number of rotatable bonds is 3. The molecule has 0 spiro atoms. The highest BCUT2D eigenvalue weighted by Gasteiger charge is 2.28. The van der Waals surface area contributed by atoms with Gasteiger partial charge in [-0.05, 0) is 49.1 Å². The van der Waals surface area contributed by atoms with Crippen LogP contribution >= 0.6 is 12.4 Å². The second-order valence-corrected chi connectivity index (χ2v) is 6.27. The molecule has 1 aromatic carbocycles. The Balaban J connectivity index is 0.00000161. The van der Waals surface area contributed by atoms with E-state index in [-0.39, 0.29) is 30.4 Å². The molecule has 0 radical (unpaired) electrons. The van der Waals surface area contributed by atoms with Gasteiger partial charge in [0.05, 0.1) is 6.04 Å². The fraction of sp³-hybridized carbons (Fsp3) is 0.588. The van der Waals surface area contributed by atoms with Crippen LogP contribution < -0.4 is 11.1 Å². The van der Waals surface area contributed by atoms with Gasteiger partial charge in [-0.1, -0.05) is 30.7 Å². The molecule has 3 nitrogen and oxygen atoms in total. The standard InChI is InChI=1S/C17H24N2O.ClH/c18-15-9-3-7-13(15)11-17(20)19-16-10-4-6-12-5-1-2-8-14(12)16;/h1-2,5,8,13,15-16H,3-4,6-7,9-11,18H2,(H,19,20);1H/t13-,15+,16?;/m0./s1. The van der Waals surface area contributed by atoms with E-state index < -0.39 is 0 Å². The molecule has 2 aliphatic carbocycles. The second-order valence-electron chi connectivity index (χ2n) is 6.27. The number of hydrogen-bond acceptors (Lipinski definition) is 2. The third kappa shape index (κ3) is 3.78. The number of fused-ring (bicyclic) bond motifs is 1. The van der Waals surface area contributed by atoms with E-state index in [4.69, 9.17) is 5.73 Å². The van der Waals surface area contributed by atoms with Crippen molar-refractivity contribution in [2.75, 3.05) is 0 Å². The Bertz CT molecular complexity index is 491. The largest absolute Gasteiger partial charge is 0.349 e. The van der Waals surface area contributed by atoms with Gasteiger partial charge in [0.2, 0.25) is 5.91 Å². The molecule has 2 aliphatic rings. The molecule has 1 unspecified atom stereocenters. The number of nitrogens with two attached hydrogens (primary N) is 1. The molecule has 3 rings (SSSR count). The first-order valence-electron chi connectivity index (χ1n) is 7.87. The van der Waals surface area contributed by atoms with Crippen molar-refractivity contribution in [3.8, 4) is 0 Å². The summed E-state index contributed by atoms with van der Waals surface area (Å²) >= 11 is 0. The average Bonchev–Trinajstić information content (AvgIpc) is 2.85. The van der Waals surface area contributed by atoms with Crippen molar-refractivity contribution < 1.29 is 4.79 Å². The van der Waals surface area contributed by atoms with Crippen LogP contribution in [-0.4, -0.2) is 11.9 Å². The quantitative estimate of drug-likeness (QED) is 0.901. The van der Waals surface area contributed by atoms with Crippen molar-refractivity contribution in [3.05, 3.63) is 35.4 Å². The number of carbonyl (C=O) groups is 1. The molecular formula is C17H25ClN2O. The lowest BCUT2D eigenvalue weighted by molar-refractivity contribution is -0.122. The Kier molecular flexibility index (Phi) is 5.65. The Morgan fingerprint density at radius 3 is 2.76 bits per heavy atom. The number of hydrogen-bond donors (Lipinski definition) is 2. The first-order valence-corrected chi connectivity index (χ1v) is 7.87. The molecule has 1 aromatic rings. The van der Waals surface area contributed by atoms with Crippen LogP contribution in [0.25, 0.3) is 0 Å². The third-order valence-electron chi connectivity index (χ3n) is 4.87. The second kappa shape index (κ2) is 7.28. The van der Waals surface area contributed by atoms with Crippen LogP contribution in [0.2, 0.25) is 0 Å². The van der Waals surface area contributed by atoms with E-state index in [0.29, 0.717) is 12.3 Å². The van der Waals surface area contributed by atoms with Gasteiger partial charge in [-0.15, -0.1) is 12.4 Å². The topological polar surface area (TPSA) is 55.1 Å². The third-order valence-corrected chi connectivity index (χ3v) is 4.87. The SMILES string of the molecule is Cl.N[C@@H]1CCC[C@H]1CC(=O)NC1CCCc2ccccc21. The normalized spacial score (nSPS) is 27.6. The van der Waals surface area contributed by atoms with Gasteiger partial charge >= 0.3 is 0 Å². The minimum atomic E-state index is 0. The lowest BCUT2D eigenvalue weighted by atomic mass is 9.87. The monoisotopic (exact) mass is 308 g/mol. The predicted molar refractivity (Wildman–Crippen MR) is 87.4 cm³/mol. The fourth-order valence-corrected chi connectivity index (χ4v) is 3.71. The number of benzene rings is 1. The maximum atomic E-state index is 12.3. The van der Waals surface area contributed by atoms with Gasteiger partial charge in [0.15, 0.2) is 0 Å². The summed E-state index contributed by atoms with van der Waals surface area (Å²) in [6, 6.07) is 8.90. The highest BCUT2D eigenvalue weighted by Crippen LogP contribution is 2.31. The van der Waals surface area contributed by atoms with Crippen molar-refractivity contribution in [2.24, 2.45) is 11.7 Å². The summed E-state index contributed by atoms with van der Waals surface area (Å²) in [6.07, 6.45) is 7.30. The minimum absolute atomic E-state index is 0. The zero-order chi connectivity index (χ0) is 13.9. The Hall–Kier alpha value is -1.06. The molecule has 21 heavy (non-hydrogen) atoms. The molecule has 3 N–H and O–H groups in total. The molecule has 0 heterocycles. The maximum Gasteiger partial charge on any atom is 0.220 e. The van der Waals surface area contributed by atoms with Crippen molar-refractivity contribution >= 4 is 18.3 Å². The Morgan fingerprint density at radius 2 is 2.00 bits per heavy atom. The predicted octanol–water partition coefficient (Wildman–Crippen LogP) is 3.12. The summed E-state index contributed by atoms with van der Waals surface area (Å²) in [5.41, 5.74) is 8.76. The van der Waals surface area contributed by atoms with E-state index in [2.05, 4.69) is 29.6 Å². The van der Waals surface area contributed by atoms with Crippen molar-refractivity contribution in [3.63, 3.8) is 0 Å². The average molecular weight is 309 g/mol. The molecule has 0 aromatic heterocycles.